The van der Waals surface area contributed by atoms with Crippen molar-refractivity contribution < 1.29 is 9.47 Å². The van der Waals surface area contributed by atoms with Crippen LogP contribution >= 0.6 is 0 Å². The minimum atomic E-state index is 0.129. The van der Waals surface area contributed by atoms with Crippen molar-refractivity contribution in [2.45, 2.75) is 6.92 Å². The lowest BCUT2D eigenvalue weighted by Crippen LogP contribution is -2.05. The predicted octanol–water partition coefficient (Wildman–Crippen LogP) is 2.06. The molecule has 3 nitrogen and oxygen atoms in total. The van der Waals surface area contributed by atoms with Crippen molar-refractivity contribution in [2.24, 2.45) is 0 Å². The normalized spacial score (nSPS) is 9.38. The zero-order valence-corrected chi connectivity index (χ0v) is 7.83. The van der Waals surface area contributed by atoms with Crippen molar-refractivity contribution >= 4 is 5.90 Å². The van der Waals surface area contributed by atoms with Gasteiger partial charge in [-0.2, -0.15) is 0 Å². The first-order valence-electron chi connectivity index (χ1n) is 4.14. The van der Waals surface area contributed by atoms with E-state index in [4.69, 9.17) is 14.9 Å². The smallest absolute Gasteiger partial charge is 0.216 e. The lowest BCUT2D eigenvalue weighted by atomic mass is 10.2. The molecule has 1 rings (SSSR count). The molecule has 0 bridgehead atoms. The average molecular weight is 179 g/mol. The van der Waals surface area contributed by atoms with Gasteiger partial charge in [-0.3, -0.25) is 5.41 Å². The first-order valence-corrected chi connectivity index (χ1v) is 4.14. The van der Waals surface area contributed by atoms with Crippen molar-refractivity contribution in [2.75, 3.05) is 13.7 Å². The fraction of sp³-hybridized carbons (Fsp3) is 0.300. The standard InChI is InChI=1S/C10H13NO2/c1-3-13-9-7-5-4-6-8(9)10(11)12-2/h4-7,11H,3H2,1-2H3. The van der Waals surface area contributed by atoms with Gasteiger partial charge in [0.2, 0.25) is 5.90 Å². The number of ether oxygens (including phenoxy) is 2. The summed E-state index contributed by atoms with van der Waals surface area (Å²) in [6.45, 7) is 2.50. The van der Waals surface area contributed by atoms with E-state index in [2.05, 4.69) is 0 Å². The van der Waals surface area contributed by atoms with E-state index in [1.54, 1.807) is 6.07 Å². The van der Waals surface area contributed by atoms with Crippen molar-refractivity contribution in [3.8, 4) is 5.75 Å². The molecule has 0 spiro atoms. The molecule has 1 N–H and O–H groups in total. The van der Waals surface area contributed by atoms with Crippen LogP contribution in [0.2, 0.25) is 0 Å². The first kappa shape index (κ1) is 9.58. The van der Waals surface area contributed by atoms with Gasteiger partial charge in [0.1, 0.15) is 5.75 Å². The fourth-order valence-electron chi connectivity index (χ4n) is 1.05. The average Bonchev–Trinajstić information content (AvgIpc) is 2.18. The molecule has 0 aromatic heterocycles. The third kappa shape index (κ3) is 2.21. The molecular weight excluding hydrogens is 166 g/mol. The van der Waals surface area contributed by atoms with Gasteiger partial charge in [-0.1, -0.05) is 12.1 Å². The molecule has 0 heterocycles. The second-order valence-electron chi connectivity index (χ2n) is 2.46. The van der Waals surface area contributed by atoms with Crippen molar-refractivity contribution in [1.82, 2.24) is 0 Å². The maximum Gasteiger partial charge on any atom is 0.216 e. The summed E-state index contributed by atoms with van der Waals surface area (Å²) in [4.78, 5) is 0. The molecule has 0 saturated carbocycles. The van der Waals surface area contributed by atoms with E-state index in [-0.39, 0.29) is 5.90 Å². The highest BCUT2D eigenvalue weighted by molar-refractivity contribution is 5.94. The Balaban J connectivity index is 2.97. The van der Waals surface area contributed by atoms with Crippen LogP contribution in [0.15, 0.2) is 24.3 Å². The molecule has 0 fully saturated rings. The molecule has 3 heteroatoms. The number of methoxy groups -OCH3 is 1. The van der Waals surface area contributed by atoms with Crippen molar-refractivity contribution in [3.63, 3.8) is 0 Å². The summed E-state index contributed by atoms with van der Waals surface area (Å²) in [5.74, 6) is 0.820. The number of rotatable bonds is 3. The number of hydrogen-bond donors (Lipinski definition) is 1. The first-order chi connectivity index (χ1) is 6.29. The lowest BCUT2D eigenvalue weighted by molar-refractivity contribution is 0.335. The Kier molecular flexibility index (Phi) is 3.31. The molecule has 0 aliphatic carbocycles. The van der Waals surface area contributed by atoms with Crippen LogP contribution < -0.4 is 4.74 Å². The maximum atomic E-state index is 7.50. The second kappa shape index (κ2) is 4.50. The highest BCUT2D eigenvalue weighted by Gasteiger charge is 2.07. The third-order valence-corrected chi connectivity index (χ3v) is 1.64. The molecule has 0 radical (unpaired) electrons. The van der Waals surface area contributed by atoms with Gasteiger partial charge in [0, 0.05) is 0 Å². The molecule has 0 amide bonds. The summed E-state index contributed by atoms with van der Waals surface area (Å²) in [5, 5.41) is 7.50. The molecule has 0 atom stereocenters. The summed E-state index contributed by atoms with van der Waals surface area (Å²) >= 11 is 0. The molecule has 0 saturated heterocycles. The molecule has 0 aliphatic rings. The van der Waals surface area contributed by atoms with E-state index in [1.165, 1.54) is 7.11 Å². The minimum Gasteiger partial charge on any atom is -0.493 e. The number of hydrogen-bond acceptors (Lipinski definition) is 3. The summed E-state index contributed by atoms with van der Waals surface area (Å²) in [5.41, 5.74) is 0.687. The summed E-state index contributed by atoms with van der Waals surface area (Å²) < 4.78 is 10.2. The highest BCUT2D eigenvalue weighted by Crippen LogP contribution is 2.18. The van der Waals surface area contributed by atoms with Gasteiger partial charge in [0.25, 0.3) is 0 Å². The Morgan fingerprint density at radius 2 is 2.08 bits per heavy atom. The zero-order chi connectivity index (χ0) is 9.68. The summed E-state index contributed by atoms with van der Waals surface area (Å²) in [6.07, 6.45) is 0. The van der Waals surface area contributed by atoms with Crippen LogP contribution in [0.25, 0.3) is 0 Å². The van der Waals surface area contributed by atoms with Gasteiger partial charge in [-0.15, -0.1) is 0 Å². The molecule has 1 aromatic rings. The quantitative estimate of drug-likeness (QED) is 0.570. The Bertz CT molecular complexity index is 297. The van der Waals surface area contributed by atoms with Gasteiger partial charge in [-0.25, -0.2) is 0 Å². The SMILES string of the molecule is CCOc1ccccc1C(=N)OC. The molecule has 13 heavy (non-hydrogen) atoms. The van der Waals surface area contributed by atoms with Crippen LogP contribution in [0.1, 0.15) is 12.5 Å². The highest BCUT2D eigenvalue weighted by atomic mass is 16.5. The van der Waals surface area contributed by atoms with Gasteiger partial charge in [0.05, 0.1) is 19.3 Å². The van der Waals surface area contributed by atoms with E-state index < -0.39 is 0 Å². The molecule has 1 aromatic carbocycles. The van der Waals surface area contributed by atoms with E-state index in [0.717, 1.165) is 0 Å². The number of para-hydroxylation sites is 1. The van der Waals surface area contributed by atoms with Crippen LogP contribution in [0.5, 0.6) is 5.75 Å². The molecule has 0 aliphatic heterocycles. The number of benzene rings is 1. The van der Waals surface area contributed by atoms with Crippen LogP contribution in [-0.4, -0.2) is 19.6 Å². The zero-order valence-electron chi connectivity index (χ0n) is 7.83. The Morgan fingerprint density at radius 1 is 1.38 bits per heavy atom. The fourth-order valence-corrected chi connectivity index (χ4v) is 1.05. The van der Waals surface area contributed by atoms with Gasteiger partial charge < -0.3 is 9.47 Å². The van der Waals surface area contributed by atoms with Crippen LogP contribution in [0.4, 0.5) is 0 Å². The van der Waals surface area contributed by atoms with Crippen LogP contribution in [-0.2, 0) is 4.74 Å². The summed E-state index contributed by atoms with van der Waals surface area (Å²) in [7, 11) is 1.48. The Labute approximate surface area is 77.8 Å². The predicted molar refractivity (Wildman–Crippen MR) is 51.4 cm³/mol. The monoisotopic (exact) mass is 179 g/mol. The Morgan fingerprint density at radius 3 is 2.69 bits per heavy atom. The van der Waals surface area contributed by atoms with Crippen LogP contribution in [0.3, 0.4) is 0 Å². The summed E-state index contributed by atoms with van der Waals surface area (Å²) in [6, 6.07) is 7.35. The molecule has 0 unspecified atom stereocenters. The van der Waals surface area contributed by atoms with Crippen LogP contribution in [0, 0.1) is 5.41 Å². The Hall–Kier alpha value is -1.51. The number of nitrogens with one attached hydrogen (secondary N) is 1. The van der Waals surface area contributed by atoms with Crippen molar-refractivity contribution in [3.05, 3.63) is 29.8 Å². The maximum absolute atomic E-state index is 7.50. The largest absolute Gasteiger partial charge is 0.493 e. The molecular formula is C10H13NO2. The molecule has 70 valence electrons. The third-order valence-electron chi connectivity index (χ3n) is 1.64. The second-order valence-corrected chi connectivity index (χ2v) is 2.46. The van der Waals surface area contributed by atoms with E-state index in [0.29, 0.717) is 17.9 Å². The van der Waals surface area contributed by atoms with Gasteiger partial charge in [0.15, 0.2) is 0 Å². The van der Waals surface area contributed by atoms with Gasteiger partial charge >= 0.3 is 0 Å². The topological polar surface area (TPSA) is 42.3 Å². The van der Waals surface area contributed by atoms with Gasteiger partial charge in [-0.05, 0) is 19.1 Å². The minimum absolute atomic E-state index is 0.129. The van der Waals surface area contributed by atoms with E-state index in [9.17, 15) is 0 Å². The van der Waals surface area contributed by atoms with E-state index in [1.807, 2.05) is 25.1 Å². The lowest BCUT2D eigenvalue weighted by Gasteiger charge is -2.09. The van der Waals surface area contributed by atoms with Crippen molar-refractivity contribution in [1.29, 1.82) is 5.41 Å². The van der Waals surface area contributed by atoms with E-state index >= 15 is 0 Å².